The second-order valence-corrected chi connectivity index (χ2v) is 7.86. The number of aromatic nitrogens is 1. The van der Waals surface area contributed by atoms with E-state index in [9.17, 15) is 4.79 Å². The van der Waals surface area contributed by atoms with Crippen LogP contribution in [0, 0.1) is 6.92 Å². The van der Waals surface area contributed by atoms with Gasteiger partial charge in [0.2, 0.25) is 0 Å². The van der Waals surface area contributed by atoms with Gasteiger partial charge in [-0.05, 0) is 30.7 Å². The molecule has 4 rings (SSSR count). The van der Waals surface area contributed by atoms with Crippen molar-refractivity contribution in [1.82, 2.24) is 4.98 Å². The summed E-state index contributed by atoms with van der Waals surface area (Å²) in [7, 11) is 0. The Labute approximate surface area is 163 Å². The fourth-order valence-electron chi connectivity index (χ4n) is 3.39. The molecule has 2 heterocycles. The van der Waals surface area contributed by atoms with E-state index < -0.39 is 0 Å². The molecule has 2 aromatic carbocycles. The molecule has 0 saturated carbocycles. The second-order valence-electron chi connectivity index (χ2n) is 6.85. The van der Waals surface area contributed by atoms with Crippen LogP contribution in [0.15, 0.2) is 48.5 Å². The van der Waals surface area contributed by atoms with Crippen molar-refractivity contribution in [1.29, 1.82) is 0 Å². The number of carbonyl (C=O) groups is 1. The van der Waals surface area contributed by atoms with Crippen molar-refractivity contribution in [3.8, 4) is 0 Å². The molecule has 5 nitrogen and oxygen atoms in total. The fourth-order valence-corrected chi connectivity index (χ4v) is 4.46. The van der Waals surface area contributed by atoms with E-state index in [2.05, 4.69) is 19.1 Å². The van der Waals surface area contributed by atoms with Gasteiger partial charge in [-0.25, -0.2) is 4.98 Å². The van der Waals surface area contributed by atoms with Gasteiger partial charge in [-0.2, -0.15) is 0 Å². The molecule has 1 aliphatic rings. The number of quaternary nitrogens is 1. The number of carbonyl (C=O) groups excluding carboxylic acids is 1. The molecule has 1 aliphatic heterocycles. The highest BCUT2D eigenvalue weighted by molar-refractivity contribution is 7.22. The van der Waals surface area contributed by atoms with Gasteiger partial charge in [0.15, 0.2) is 5.13 Å². The number of benzene rings is 2. The summed E-state index contributed by atoms with van der Waals surface area (Å²) < 4.78 is 6.57. The molecule has 1 fully saturated rings. The average Bonchev–Trinajstić information content (AvgIpc) is 3.15. The predicted octanol–water partition coefficient (Wildman–Crippen LogP) is 2.17. The Morgan fingerprint density at radius 1 is 1.15 bits per heavy atom. The molecular formula is C21H24N3O2S+. The van der Waals surface area contributed by atoms with Crippen LogP contribution in [0.2, 0.25) is 0 Å². The normalized spacial score (nSPS) is 15.1. The minimum absolute atomic E-state index is 0.0139. The molecule has 0 atom stereocenters. The predicted molar refractivity (Wildman–Crippen MR) is 109 cm³/mol. The van der Waals surface area contributed by atoms with Gasteiger partial charge in [0.25, 0.3) is 5.91 Å². The highest BCUT2D eigenvalue weighted by Crippen LogP contribution is 2.31. The second kappa shape index (κ2) is 8.17. The van der Waals surface area contributed by atoms with Gasteiger partial charge in [-0.1, -0.05) is 41.7 Å². The summed E-state index contributed by atoms with van der Waals surface area (Å²) in [5.41, 5.74) is 2.83. The van der Waals surface area contributed by atoms with Crippen LogP contribution in [-0.4, -0.2) is 50.3 Å². The number of para-hydroxylation sites is 1. The third kappa shape index (κ3) is 4.03. The van der Waals surface area contributed by atoms with Crippen LogP contribution >= 0.6 is 11.3 Å². The maximum atomic E-state index is 13.2. The number of thiazole rings is 1. The first-order valence-corrected chi connectivity index (χ1v) is 10.2. The smallest absolute Gasteiger partial charge is 0.260 e. The van der Waals surface area contributed by atoms with E-state index in [1.807, 2.05) is 41.3 Å². The van der Waals surface area contributed by atoms with Crippen molar-refractivity contribution < 1.29 is 14.4 Å². The number of hydrogen-bond donors (Lipinski definition) is 1. The van der Waals surface area contributed by atoms with Gasteiger partial charge in [-0.15, -0.1) is 0 Å². The Morgan fingerprint density at radius 2 is 1.93 bits per heavy atom. The Kier molecular flexibility index (Phi) is 5.48. The first-order chi connectivity index (χ1) is 13.2. The summed E-state index contributed by atoms with van der Waals surface area (Å²) in [5.74, 6) is 0.0139. The molecule has 3 aromatic rings. The first kappa shape index (κ1) is 18.1. The summed E-state index contributed by atoms with van der Waals surface area (Å²) >= 11 is 1.59. The molecule has 140 valence electrons. The SMILES string of the molecule is Cc1cccc2sc(N(CC[NH+]3CCOCC3)C(=O)c3ccccc3)nc12. The van der Waals surface area contributed by atoms with Gasteiger partial charge >= 0.3 is 0 Å². The van der Waals surface area contributed by atoms with Crippen LogP contribution in [0.3, 0.4) is 0 Å². The number of rotatable bonds is 5. The zero-order valence-electron chi connectivity index (χ0n) is 15.5. The Hall–Kier alpha value is -2.28. The molecule has 0 aliphatic carbocycles. The summed E-state index contributed by atoms with van der Waals surface area (Å²) in [6.07, 6.45) is 0. The molecule has 1 aromatic heterocycles. The molecule has 0 unspecified atom stereocenters. The summed E-state index contributed by atoms with van der Waals surface area (Å²) in [4.78, 5) is 21.4. The maximum Gasteiger partial charge on any atom is 0.260 e. The lowest BCUT2D eigenvalue weighted by Crippen LogP contribution is -3.14. The minimum Gasteiger partial charge on any atom is -0.370 e. The van der Waals surface area contributed by atoms with Gasteiger partial charge in [0.1, 0.15) is 13.1 Å². The van der Waals surface area contributed by atoms with E-state index in [4.69, 9.17) is 9.72 Å². The fraction of sp³-hybridized carbons (Fsp3) is 0.333. The number of amides is 1. The highest BCUT2D eigenvalue weighted by atomic mass is 32.1. The van der Waals surface area contributed by atoms with Gasteiger partial charge in [0.05, 0.1) is 36.5 Å². The number of fused-ring (bicyclic) bond motifs is 1. The molecule has 6 heteroatoms. The molecule has 1 saturated heterocycles. The van der Waals surface area contributed by atoms with Crippen molar-refractivity contribution in [2.75, 3.05) is 44.3 Å². The van der Waals surface area contributed by atoms with E-state index in [0.29, 0.717) is 12.1 Å². The maximum absolute atomic E-state index is 13.2. The lowest BCUT2D eigenvalue weighted by atomic mass is 10.2. The van der Waals surface area contributed by atoms with Crippen LogP contribution in [-0.2, 0) is 4.74 Å². The third-order valence-electron chi connectivity index (χ3n) is 5.00. The van der Waals surface area contributed by atoms with Crippen molar-refractivity contribution in [3.05, 3.63) is 59.7 Å². The van der Waals surface area contributed by atoms with Crippen LogP contribution in [0.25, 0.3) is 10.2 Å². The number of morpholine rings is 1. The highest BCUT2D eigenvalue weighted by Gasteiger charge is 2.24. The van der Waals surface area contributed by atoms with Crippen molar-refractivity contribution in [2.24, 2.45) is 0 Å². The summed E-state index contributed by atoms with van der Waals surface area (Å²) in [5, 5.41) is 0.779. The van der Waals surface area contributed by atoms with Crippen molar-refractivity contribution >= 4 is 32.6 Å². The van der Waals surface area contributed by atoms with Gasteiger partial charge in [-0.3, -0.25) is 9.69 Å². The summed E-state index contributed by atoms with van der Waals surface area (Å²) in [6.45, 7) is 7.19. The largest absolute Gasteiger partial charge is 0.370 e. The standard InChI is InChI=1S/C21H23N3O2S/c1-16-6-5-9-18-19(16)22-21(27-18)24(11-10-23-12-14-26-15-13-23)20(25)17-7-3-2-4-8-17/h2-9H,10-15H2,1H3/p+1. The van der Waals surface area contributed by atoms with Crippen LogP contribution < -0.4 is 9.80 Å². The molecule has 0 bridgehead atoms. The Balaban J connectivity index is 1.63. The quantitative estimate of drug-likeness (QED) is 0.736. The van der Waals surface area contributed by atoms with Crippen LogP contribution in [0.1, 0.15) is 15.9 Å². The zero-order valence-corrected chi connectivity index (χ0v) is 16.3. The number of ether oxygens (including phenoxy) is 1. The lowest BCUT2D eigenvalue weighted by molar-refractivity contribution is -0.906. The zero-order chi connectivity index (χ0) is 18.6. The molecule has 0 spiro atoms. The van der Waals surface area contributed by atoms with E-state index in [0.717, 1.165) is 53.8 Å². The van der Waals surface area contributed by atoms with Crippen molar-refractivity contribution in [2.45, 2.75) is 6.92 Å². The van der Waals surface area contributed by atoms with E-state index in [-0.39, 0.29) is 5.91 Å². The van der Waals surface area contributed by atoms with Crippen molar-refractivity contribution in [3.63, 3.8) is 0 Å². The topological polar surface area (TPSA) is 46.9 Å². The molecule has 1 N–H and O–H groups in total. The van der Waals surface area contributed by atoms with Gasteiger partial charge < -0.3 is 9.64 Å². The average molecular weight is 383 g/mol. The number of aryl methyl sites for hydroxylation is 1. The monoisotopic (exact) mass is 382 g/mol. The summed E-state index contributed by atoms with van der Waals surface area (Å²) in [6, 6.07) is 15.7. The van der Waals surface area contributed by atoms with E-state index >= 15 is 0 Å². The number of anilines is 1. The minimum atomic E-state index is 0.0139. The Bertz CT molecular complexity index is 920. The number of hydrogen-bond acceptors (Lipinski definition) is 4. The number of nitrogens with zero attached hydrogens (tertiary/aromatic N) is 2. The molecular weight excluding hydrogens is 358 g/mol. The van der Waals surface area contributed by atoms with Gasteiger partial charge in [0, 0.05) is 5.56 Å². The number of nitrogens with one attached hydrogen (secondary N) is 1. The Morgan fingerprint density at radius 3 is 2.67 bits per heavy atom. The van der Waals surface area contributed by atoms with Crippen LogP contribution in [0.5, 0.6) is 0 Å². The lowest BCUT2D eigenvalue weighted by Gasteiger charge is -2.26. The third-order valence-corrected chi connectivity index (χ3v) is 6.04. The molecule has 1 amide bonds. The van der Waals surface area contributed by atoms with Crippen LogP contribution in [0.4, 0.5) is 5.13 Å². The molecule has 27 heavy (non-hydrogen) atoms. The van der Waals surface area contributed by atoms with E-state index in [1.165, 1.54) is 4.90 Å². The van der Waals surface area contributed by atoms with E-state index in [1.54, 1.807) is 11.3 Å². The molecule has 0 radical (unpaired) electrons. The first-order valence-electron chi connectivity index (χ1n) is 9.37.